The Bertz CT molecular complexity index is 910. The molecule has 2 N–H and O–H groups in total. The minimum Gasteiger partial charge on any atom is -0.464 e. The monoisotopic (exact) mass is 331 g/mol. The van der Waals surface area contributed by atoms with Crippen molar-refractivity contribution in [2.24, 2.45) is 0 Å². The van der Waals surface area contributed by atoms with Crippen LogP contribution in [0.15, 0.2) is 24.4 Å². The average Bonchev–Trinajstić information content (AvgIpc) is 2.89. The summed E-state index contributed by atoms with van der Waals surface area (Å²) in [6.07, 6.45) is 1.12. The molecule has 0 saturated heterocycles. The number of hydrogen-bond acceptors (Lipinski definition) is 8. The van der Waals surface area contributed by atoms with Crippen LogP contribution in [-0.2, 0) is 4.74 Å². The molecule has 11 heteroatoms. The molecule has 0 unspecified atom stereocenters. The van der Waals surface area contributed by atoms with Crippen molar-refractivity contribution >= 4 is 23.0 Å². The minimum absolute atomic E-state index is 0.0944. The van der Waals surface area contributed by atoms with E-state index in [0.29, 0.717) is 0 Å². The van der Waals surface area contributed by atoms with Crippen molar-refractivity contribution in [2.45, 2.75) is 0 Å². The quantitative estimate of drug-likeness (QED) is 0.499. The molecule has 0 fully saturated rings. The summed E-state index contributed by atoms with van der Waals surface area (Å²) in [4.78, 5) is 32.3. The Hall–Kier alpha value is -3.94. The number of non-ortho nitro benzene ring substituents is 1. The van der Waals surface area contributed by atoms with E-state index in [9.17, 15) is 25.0 Å². The van der Waals surface area contributed by atoms with Crippen molar-refractivity contribution in [3.05, 3.63) is 55.9 Å². The van der Waals surface area contributed by atoms with Crippen LogP contribution >= 0.6 is 0 Å². The average molecular weight is 331 g/mol. The molecule has 0 spiro atoms. The standard InChI is InChI=1S/C13H9N5O6/c1-24-13(19)12-11(15)7(5-14)6-16(12)9-3-2-8(17(20)21)4-10(9)18(22)23/h2-4,6H,15H2,1H3. The van der Waals surface area contributed by atoms with Crippen molar-refractivity contribution in [1.29, 1.82) is 5.26 Å². The molecule has 1 aromatic heterocycles. The number of benzene rings is 1. The second-order valence-electron chi connectivity index (χ2n) is 4.47. The van der Waals surface area contributed by atoms with Gasteiger partial charge in [0, 0.05) is 12.3 Å². The van der Waals surface area contributed by atoms with E-state index < -0.39 is 27.2 Å². The molecular weight excluding hydrogens is 322 g/mol. The Morgan fingerprint density at radius 3 is 2.50 bits per heavy atom. The van der Waals surface area contributed by atoms with Gasteiger partial charge in [0.1, 0.15) is 11.8 Å². The van der Waals surface area contributed by atoms with Crippen LogP contribution in [0, 0.1) is 31.6 Å². The van der Waals surface area contributed by atoms with Crippen LogP contribution in [0.3, 0.4) is 0 Å². The zero-order valence-electron chi connectivity index (χ0n) is 12.1. The zero-order chi connectivity index (χ0) is 18.0. The van der Waals surface area contributed by atoms with Gasteiger partial charge in [-0.05, 0) is 6.07 Å². The first kappa shape index (κ1) is 16.4. The smallest absolute Gasteiger partial charge is 0.357 e. The van der Waals surface area contributed by atoms with Gasteiger partial charge in [0.05, 0.1) is 34.3 Å². The highest BCUT2D eigenvalue weighted by Gasteiger charge is 2.27. The zero-order valence-corrected chi connectivity index (χ0v) is 12.1. The maximum Gasteiger partial charge on any atom is 0.357 e. The highest BCUT2D eigenvalue weighted by molar-refractivity contribution is 5.96. The van der Waals surface area contributed by atoms with Crippen LogP contribution in [0.1, 0.15) is 16.1 Å². The number of carbonyl (C=O) groups is 1. The third-order valence-corrected chi connectivity index (χ3v) is 3.17. The molecule has 0 aliphatic heterocycles. The number of nitrogens with zero attached hydrogens (tertiary/aromatic N) is 4. The summed E-state index contributed by atoms with van der Waals surface area (Å²) in [7, 11) is 1.08. The molecule has 1 heterocycles. The molecule has 0 atom stereocenters. The lowest BCUT2D eigenvalue weighted by Crippen LogP contribution is -2.12. The fourth-order valence-electron chi connectivity index (χ4n) is 2.08. The van der Waals surface area contributed by atoms with Crippen LogP contribution in [0.5, 0.6) is 0 Å². The summed E-state index contributed by atoms with van der Waals surface area (Å²) in [5, 5.41) is 31.1. The SMILES string of the molecule is COC(=O)c1c(N)c(C#N)cn1-c1ccc([N+](=O)[O-])cc1[N+](=O)[O-]. The number of nitro benzene ring substituents is 2. The summed E-state index contributed by atoms with van der Waals surface area (Å²) in [6.45, 7) is 0. The number of esters is 1. The summed E-state index contributed by atoms with van der Waals surface area (Å²) in [5.74, 6) is -0.915. The van der Waals surface area contributed by atoms with Crippen molar-refractivity contribution in [2.75, 3.05) is 12.8 Å². The summed E-state index contributed by atoms with van der Waals surface area (Å²) in [6, 6.07) is 4.62. The number of hydrogen-bond donors (Lipinski definition) is 1. The van der Waals surface area contributed by atoms with E-state index in [2.05, 4.69) is 4.74 Å². The fraction of sp³-hybridized carbons (Fsp3) is 0.0769. The Kier molecular flexibility index (Phi) is 4.14. The Morgan fingerprint density at radius 2 is 2.00 bits per heavy atom. The fourth-order valence-corrected chi connectivity index (χ4v) is 2.08. The number of methoxy groups -OCH3 is 1. The lowest BCUT2D eigenvalue weighted by atomic mass is 10.2. The summed E-state index contributed by atoms with van der Waals surface area (Å²) in [5.41, 5.74) is 3.83. The third-order valence-electron chi connectivity index (χ3n) is 3.17. The second-order valence-corrected chi connectivity index (χ2v) is 4.47. The number of ether oxygens (including phenoxy) is 1. The lowest BCUT2D eigenvalue weighted by molar-refractivity contribution is -0.394. The van der Waals surface area contributed by atoms with E-state index >= 15 is 0 Å². The minimum atomic E-state index is -0.915. The van der Waals surface area contributed by atoms with Crippen LogP contribution in [-0.4, -0.2) is 27.5 Å². The van der Waals surface area contributed by atoms with E-state index in [1.165, 1.54) is 0 Å². The molecule has 2 rings (SSSR count). The molecule has 0 amide bonds. The second kappa shape index (κ2) is 6.05. The van der Waals surface area contributed by atoms with E-state index in [-0.39, 0.29) is 22.6 Å². The molecule has 0 aliphatic rings. The Labute approximate surface area is 133 Å². The summed E-state index contributed by atoms with van der Waals surface area (Å²) >= 11 is 0. The number of nitriles is 1. The number of rotatable bonds is 4. The molecule has 24 heavy (non-hydrogen) atoms. The maximum absolute atomic E-state index is 11.9. The van der Waals surface area contributed by atoms with Gasteiger partial charge in [-0.25, -0.2) is 4.79 Å². The molecule has 0 saturated carbocycles. The van der Waals surface area contributed by atoms with Crippen LogP contribution in [0.2, 0.25) is 0 Å². The van der Waals surface area contributed by atoms with E-state index in [1.54, 1.807) is 6.07 Å². The van der Waals surface area contributed by atoms with Gasteiger partial charge in [0.15, 0.2) is 5.69 Å². The van der Waals surface area contributed by atoms with Crippen molar-refractivity contribution in [3.8, 4) is 11.8 Å². The first-order valence-corrected chi connectivity index (χ1v) is 6.24. The largest absolute Gasteiger partial charge is 0.464 e. The molecule has 0 aliphatic carbocycles. The van der Waals surface area contributed by atoms with Gasteiger partial charge in [-0.15, -0.1) is 0 Å². The normalized spacial score (nSPS) is 10.0. The highest BCUT2D eigenvalue weighted by Crippen LogP contribution is 2.32. The van der Waals surface area contributed by atoms with Gasteiger partial charge >= 0.3 is 5.97 Å². The molecule has 2 aromatic rings. The molecular formula is C13H9N5O6. The van der Waals surface area contributed by atoms with Gasteiger partial charge < -0.3 is 15.0 Å². The molecule has 11 nitrogen and oxygen atoms in total. The van der Waals surface area contributed by atoms with Gasteiger partial charge in [-0.3, -0.25) is 20.2 Å². The first-order valence-electron chi connectivity index (χ1n) is 6.24. The summed E-state index contributed by atoms with van der Waals surface area (Å²) < 4.78 is 5.57. The first-order chi connectivity index (χ1) is 11.3. The predicted octanol–water partition coefficient (Wildman–Crippen LogP) is 1.53. The van der Waals surface area contributed by atoms with Crippen LogP contribution in [0.4, 0.5) is 17.1 Å². The lowest BCUT2D eigenvalue weighted by Gasteiger charge is -2.08. The molecule has 122 valence electrons. The van der Waals surface area contributed by atoms with Crippen molar-refractivity contribution < 1.29 is 19.4 Å². The van der Waals surface area contributed by atoms with Gasteiger partial charge in [-0.1, -0.05) is 0 Å². The third kappa shape index (κ3) is 2.59. The van der Waals surface area contributed by atoms with Gasteiger partial charge in [-0.2, -0.15) is 5.26 Å². The van der Waals surface area contributed by atoms with E-state index in [1.807, 2.05) is 0 Å². The van der Waals surface area contributed by atoms with E-state index in [0.717, 1.165) is 36.1 Å². The maximum atomic E-state index is 11.9. The van der Waals surface area contributed by atoms with Gasteiger partial charge in [0.25, 0.3) is 11.4 Å². The molecule has 1 aromatic carbocycles. The Balaban J connectivity index is 2.82. The number of carbonyl (C=O) groups excluding carboxylic acids is 1. The van der Waals surface area contributed by atoms with Crippen molar-refractivity contribution in [3.63, 3.8) is 0 Å². The number of anilines is 1. The van der Waals surface area contributed by atoms with Crippen molar-refractivity contribution in [1.82, 2.24) is 4.57 Å². The van der Waals surface area contributed by atoms with Crippen LogP contribution < -0.4 is 5.73 Å². The number of nitro groups is 2. The highest BCUT2D eigenvalue weighted by atomic mass is 16.6. The number of aromatic nitrogens is 1. The predicted molar refractivity (Wildman–Crippen MR) is 79.5 cm³/mol. The Morgan fingerprint density at radius 1 is 1.33 bits per heavy atom. The molecule has 0 bridgehead atoms. The number of nitrogen functional groups attached to an aromatic ring is 1. The molecule has 0 radical (unpaired) electrons. The number of nitrogens with two attached hydrogens (primary N) is 1. The van der Waals surface area contributed by atoms with E-state index in [4.69, 9.17) is 11.0 Å². The topological polar surface area (TPSA) is 167 Å². The van der Waals surface area contributed by atoms with Crippen LogP contribution in [0.25, 0.3) is 5.69 Å². The van der Waals surface area contributed by atoms with Gasteiger partial charge in [0.2, 0.25) is 0 Å².